The number of anilines is 1. The van der Waals surface area contributed by atoms with Gasteiger partial charge in [0.15, 0.2) is 0 Å². The van der Waals surface area contributed by atoms with E-state index in [1.54, 1.807) is 23.5 Å². The van der Waals surface area contributed by atoms with Crippen molar-refractivity contribution in [1.82, 2.24) is 0 Å². The van der Waals surface area contributed by atoms with Gasteiger partial charge in [-0.25, -0.2) is 0 Å². The first kappa shape index (κ1) is 13.7. The molecule has 0 spiro atoms. The van der Waals surface area contributed by atoms with Crippen molar-refractivity contribution in [2.45, 2.75) is 6.54 Å². The molecule has 5 nitrogen and oxygen atoms in total. The molecule has 0 atom stereocenters. The van der Waals surface area contributed by atoms with Crippen LogP contribution in [0.2, 0.25) is 0 Å². The number of nitro groups is 1. The van der Waals surface area contributed by atoms with Gasteiger partial charge in [-0.15, -0.1) is 11.3 Å². The topological polar surface area (TPSA) is 72.2 Å². The fourth-order valence-corrected chi connectivity index (χ4v) is 2.94. The first-order valence-corrected chi connectivity index (χ1v) is 6.98. The highest BCUT2D eigenvalue weighted by Gasteiger charge is 2.14. The number of thiophene rings is 1. The average molecular weight is 341 g/mol. The van der Waals surface area contributed by atoms with Crippen LogP contribution < -0.4 is 5.32 Å². The number of halogens is 1. The molecule has 0 amide bonds. The van der Waals surface area contributed by atoms with E-state index in [4.69, 9.17) is 0 Å². The van der Waals surface area contributed by atoms with Crippen LogP contribution in [-0.4, -0.2) is 11.2 Å². The molecular formula is C12H9BrN2O3S. The third-order valence-electron chi connectivity index (χ3n) is 2.43. The number of nitrogens with one attached hydrogen (secondary N) is 1. The molecule has 2 aromatic rings. The first-order chi connectivity index (χ1) is 9.10. The zero-order chi connectivity index (χ0) is 13.8. The Hall–Kier alpha value is -1.73. The molecule has 0 radical (unpaired) electrons. The van der Waals surface area contributed by atoms with Gasteiger partial charge >= 0.3 is 0 Å². The van der Waals surface area contributed by atoms with Gasteiger partial charge < -0.3 is 5.32 Å². The Bertz CT molecular complexity index is 627. The largest absolute Gasteiger partial charge is 0.375 e. The minimum Gasteiger partial charge on any atom is -0.375 e. The third kappa shape index (κ3) is 3.39. The molecule has 1 aromatic carbocycles. The van der Waals surface area contributed by atoms with E-state index in [-0.39, 0.29) is 11.3 Å². The predicted octanol–water partition coefficient (Wildman–Crippen LogP) is 3.84. The summed E-state index contributed by atoms with van der Waals surface area (Å²) in [6.45, 7) is 0.498. The summed E-state index contributed by atoms with van der Waals surface area (Å²) in [5.74, 6) is 0. The monoisotopic (exact) mass is 340 g/mol. The van der Waals surface area contributed by atoms with Crippen molar-refractivity contribution in [2.75, 3.05) is 5.32 Å². The van der Waals surface area contributed by atoms with Crippen LogP contribution in [0.1, 0.15) is 15.2 Å². The Kier molecular flexibility index (Phi) is 4.28. The summed E-state index contributed by atoms with van der Waals surface area (Å²) in [6, 6.07) is 6.31. The van der Waals surface area contributed by atoms with Crippen LogP contribution in [0.25, 0.3) is 0 Å². The van der Waals surface area contributed by atoms with E-state index in [1.165, 1.54) is 6.07 Å². The van der Waals surface area contributed by atoms with Crippen molar-refractivity contribution in [1.29, 1.82) is 0 Å². The molecular weight excluding hydrogens is 332 g/mol. The van der Waals surface area contributed by atoms with E-state index in [9.17, 15) is 14.9 Å². The summed E-state index contributed by atoms with van der Waals surface area (Å²) in [5.41, 5.74) is 0.594. The zero-order valence-electron chi connectivity index (χ0n) is 9.63. The summed E-state index contributed by atoms with van der Waals surface area (Å²) < 4.78 is 0.986. The number of nitro benzene ring substituents is 1. The number of carbonyl (C=O) groups is 1. The van der Waals surface area contributed by atoms with E-state index in [2.05, 4.69) is 21.2 Å². The van der Waals surface area contributed by atoms with Crippen LogP contribution >= 0.6 is 27.3 Å². The molecule has 0 aliphatic rings. The fraction of sp³-hybridized carbons (Fsp3) is 0.0833. The molecule has 7 heteroatoms. The van der Waals surface area contributed by atoms with Gasteiger partial charge in [0, 0.05) is 32.9 Å². The highest BCUT2D eigenvalue weighted by Crippen LogP contribution is 2.27. The molecule has 0 saturated carbocycles. The van der Waals surface area contributed by atoms with E-state index >= 15 is 0 Å². The van der Waals surface area contributed by atoms with Gasteiger partial charge in [-0.3, -0.25) is 14.9 Å². The number of hydrogen-bond acceptors (Lipinski definition) is 5. The van der Waals surface area contributed by atoms with Crippen molar-refractivity contribution in [3.05, 3.63) is 54.7 Å². The summed E-state index contributed by atoms with van der Waals surface area (Å²) in [6.07, 6.45) is 0.590. The SMILES string of the molecule is O=Cc1ccc(NCc2cc(Br)cs2)c([N+](=O)[O-])c1. The quantitative estimate of drug-likeness (QED) is 0.509. The number of benzene rings is 1. The molecule has 98 valence electrons. The lowest BCUT2D eigenvalue weighted by Crippen LogP contribution is -2.02. The zero-order valence-corrected chi connectivity index (χ0v) is 12.0. The molecule has 0 saturated heterocycles. The Morgan fingerprint density at radius 2 is 2.21 bits per heavy atom. The molecule has 0 unspecified atom stereocenters. The summed E-state index contributed by atoms with van der Waals surface area (Å²) >= 11 is 4.91. The fourth-order valence-electron chi connectivity index (χ4n) is 1.55. The van der Waals surface area contributed by atoms with Crippen LogP contribution in [-0.2, 0) is 6.54 Å². The minimum atomic E-state index is -0.500. The number of carbonyl (C=O) groups excluding carboxylic acids is 1. The first-order valence-electron chi connectivity index (χ1n) is 5.30. The second-order valence-electron chi connectivity index (χ2n) is 3.74. The van der Waals surface area contributed by atoms with Crippen LogP contribution in [0.3, 0.4) is 0 Å². The second kappa shape index (κ2) is 5.94. The van der Waals surface area contributed by atoms with E-state index < -0.39 is 4.92 Å². The number of nitrogens with zero attached hydrogens (tertiary/aromatic N) is 1. The molecule has 0 bridgehead atoms. The Labute approximate surface area is 121 Å². The molecule has 1 N–H and O–H groups in total. The average Bonchev–Trinajstić information content (AvgIpc) is 2.82. The van der Waals surface area contributed by atoms with Crippen molar-refractivity contribution in [2.24, 2.45) is 0 Å². The van der Waals surface area contributed by atoms with Crippen LogP contribution in [0.4, 0.5) is 11.4 Å². The van der Waals surface area contributed by atoms with Crippen molar-refractivity contribution < 1.29 is 9.72 Å². The second-order valence-corrected chi connectivity index (χ2v) is 5.65. The highest BCUT2D eigenvalue weighted by atomic mass is 79.9. The maximum Gasteiger partial charge on any atom is 0.293 e. The Balaban J connectivity index is 2.19. The molecule has 1 heterocycles. The summed E-state index contributed by atoms with van der Waals surface area (Å²) in [7, 11) is 0. The molecule has 0 aliphatic carbocycles. The summed E-state index contributed by atoms with van der Waals surface area (Å²) in [5, 5.41) is 15.9. The Morgan fingerprint density at radius 3 is 2.79 bits per heavy atom. The normalized spacial score (nSPS) is 10.2. The van der Waals surface area contributed by atoms with Gasteiger partial charge in [0.05, 0.1) is 4.92 Å². The van der Waals surface area contributed by atoms with E-state index in [0.717, 1.165) is 9.35 Å². The predicted molar refractivity (Wildman–Crippen MR) is 77.8 cm³/mol. The smallest absolute Gasteiger partial charge is 0.293 e. The van der Waals surface area contributed by atoms with Gasteiger partial charge in [-0.2, -0.15) is 0 Å². The molecule has 0 fully saturated rings. The van der Waals surface area contributed by atoms with Crippen LogP contribution in [0, 0.1) is 10.1 Å². The molecule has 19 heavy (non-hydrogen) atoms. The summed E-state index contributed by atoms with van der Waals surface area (Å²) in [4.78, 5) is 22.1. The van der Waals surface area contributed by atoms with E-state index in [1.807, 2.05) is 11.4 Å². The molecule has 1 aromatic heterocycles. The molecule has 0 aliphatic heterocycles. The van der Waals surface area contributed by atoms with Gasteiger partial charge in [0.1, 0.15) is 12.0 Å². The van der Waals surface area contributed by atoms with Gasteiger partial charge in [-0.05, 0) is 34.1 Å². The van der Waals surface area contributed by atoms with Crippen LogP contribution in [0.5, 0.6) is 0 Å². The maximum absolute atomic E-state index is 11.0. The van der Waals surface area contributed by atoms with Gasteiger partial charge in [-0.1, -0.05) is 0 Å². The van der Waals surface area contributed by atoms with Gasteiger partial charge in [0.2, 0.25) is 0 Å². The van der Waals surface area contributed by atoms with Crippen LogP contribution in [0.15, 0.2) is 34.1 Å². The highest BCUT2D eigenvalue weighted by molar-refractivity contribution is 9.10. The maximum atomic E-state index is 11.0. The third-order valence-corrected chi connectivity index (χ3v) is 4.13. The van der Waals surface area contributed by atoms with Crippen molar-refractivity contribution in [3.8, 4) is 0 Å². The minimum absolute atomic E-state index is 0.0970. The Morgan fingerprint density at radius 1 is 1.42 bits per heavy atom. The number of rotatable bonds is 5. The standard InChI is InChI=1S/C12H9BrN2O3S/c13-9-4-10(19-7-9)5-14-11-2-1-8(6-16)3-12(11)15(17)18/h1-4,6-7,14H,5H2. The van der Waals surface area contributed by atoms with Crippen molar-refractivity contribution >= 4 is 44.9 Å². The lowest BCUT2D eigenvalue weighted by Gasteiger charge is -2.06. The number of aldehydes is 1. The number of hydrogen-bond donors (Lipinski definition) is 1. The lowest BCUT2D eigenvalue weighted by atomic mass is 10.2. The lowest BCUT2D eigenvalue weighted by molar-refractivity contribution is -0.384. The van der Waals surface area contributed by atoms with Crippen molar-refractivity contribution in [3.63, 3.8) is 0 Å². The van der Waals surface area contributed by atoms with Gasteiger partial charge in [0.25, 0.3) is 5.69 Å². The van der Waals surface area contributed by atoms with E-state index in [0.29, 0.717) is 18.5 Å². The molecule has 2 rings (SSSR count).